The van der Waals surface area contributed by atoms with Gasteiger partial charge in [-0.15, -0.1) is 0 Å². The van der Waals surface area contributed by atoms with Crippen molar-refractivity contribution in [2.24, 2.45) is 12.9 Å². The Morgan fingerprint density at radius 3 is 3.11 bits per heavy atom. The van der Waals surface area contributed by atoms with Crippen LogP contribution < -0.4 is 16.0 Å². The topological polar surface area (TPSA) is 65.1 Å². The molecule has 1 unspecified atom stereocenters. The van der Waals surface area contributed by atoms with E-state index in [1.165, 1.54) is 5.56 Å². The van der Waals surface area contributed by atoms with Gasteiger partial charge in [0.25, 0.3) is 0 Å². The molecule has 0 saturated heterocycles. The van der Waals surface area contributed by atoms with Crippen molar-refractivity contribution in [3.63, 3.8) is 0 Å². The van der Waals surface area contributed by atoms with Crippen LogP contribution in [0.5, 0.6) is 5.75 Å². The quantitative estimate of drug-likeness (QED) is 0.622. The summed E-state index contributed by atoms with van der Waals surface area (Å²) >= 11 is 0. The Kier molecular flexibility index (Phi) is 2.77. The summed E-state index contributed by atoms with van der Waals surface area (Å²) < 4.78 is 7.62. The second-order valence-electron chi connectivity index (χ2n) is 4.50. The molecule has 5 heteroatoms. The highest BCUT2D eigenvalue weighted by Crippen LogP contribution is 2.35. The summed E-state index contributed by atoms with van der Waals surface area (Å²) in [5.41, 5.74) is 6.00. The van der Waals surface area contributed by atoms with E-state index in [1.807, 2.05) is 29.9 Å². The fraction of sp³-hybridized carbons (Fsp3) is 0.308. The van der Waals surface area contributed by atoms with Crippen LogP contribution >= 0.6 is 0 Å². The highest BCUT2D eigenvalue weighted by molar-refractivity contribution is 5.47. The summed E-state index contributed by atoms with van der Waals surface area (Å²) in [5.74, 6) is 6.64. The molecular formula is C13H16N4O. The van der Waals surface area contributed by atoms with Crippen LogP contribution in [0.4, 0.5) is 0 Å². The number of hydrogen-bond donors (Lipinski definition) is 2. The van der Waals surface area contributed by atoms with E-state index in [0.717, 1.165) is 30.0 Å². The summed E-state index contributed by atoms with van der Waals surface area (Å²) in [6.07, 6.45) is 4.69. The number of nitrogens with two attached hydrogens (primary N) is 1. The standard InChI is InChI=1S/C13H16N4O/c1-17-7-11(15-8-17)12(16-14)10-4-2-3-9-5-6-18-13(9)10/h2-4,7-8,12,16H,5-6,14H2,1H3. The second-order valence-corrected chi connectivity index (χ2v) is 4.50. The molecule has 5 nitrogen and oxygen atoms in total. The van der Waals surface area contributed by atoms with Crippen LogP contribution in [0.15, 0.2) is 30.7 Å². The van der Waals surface area contributed by atoms with Crippen molar-refractivity contribution in [1.82, 2.24) is 15.0 Å². The number of imidazole rings is 1. The van der Waals surface area contributed by atoms with Gasteiger partial charge in [0.05, 0.1) is 24.7 Å². The molecule has 1 aromatic carbocycles. The number of nitrogens with one attached hydrogen (secondary N) is 1. The van der Waals surface area contributed by atoms with E-state index in [-0.39, 0.29) is 6.04 Å². The Morgan fingerprint density at radius 1 is 1.50 bits per heavy atom. The molecule has 18 heavy (non-hydrogen) atoms. The molecule has 94 valence electrons. The number of aromatic nitrogens is 2. The first-order valence-corrected chi connectivity index (χ1v) is 5.98. The van der Waals surface area contributed by atoms with E-state index >= 15 is 0 Å². The van der Waals surface area contributed by atoms with Gasteiger partial charge in [0.1, 0.15) is 5.75 Å². The number of hydrazine groups is 1. The third-order valence-electron chi connectivity index (χ3n) is 3.24. The first-order chi connectivity index (χ1) is 8.79. The lowest BCUT2D eigenvalue weighted by atomic mass is 10.0. The normalized spacial score (nSPS) is 15.2. The molecule has 3 rings (SSSR count). The molecule has 1 aromatic heterocycles. The maximum absolute atomic E-state index is 5.71. The van der Waals surface area contributed by atoms with Crippen molar-refractivity contribution in [3.05, 3.63) is 47.5 Å². The van der Waals surface area contributed by atoms with Crippen LogP contribution in [0.2, 0.25) is 0 Å². The van der Waals surface area contributed by atoms with Gasteiger partial charge in [-0.3, -0.25) is 5.84 Å². The fourth-order valence-electron chi connectivity index (χ4n) is 2.38. The van der Waals surface area contributed by atoms with Gasteiger partial charge in [-0.2, -0.15) is 0 Å². The summed E-state index contributed by atoms with van der Waals surface area (Å²) in [4.78, 5) is 4.35. The molecular weight excluding hydrogens is 228 g/mol. The zero-order valence-electron chi connectivity index (χ0n) is 10.3. The first kappa shape index (κ1) is 11.3. The van der Waals surface area contributed by atoms with Gasteiger partial charge in [-0.1, -0.05) is 18.2 Å². The number of fused-ring (bicyclic) bond motifs is 1. The van der Waals surface area contributed by atoms with E-state index in [0.29, 0.717) is 0 Å². The third-order valence-corrected chi connectivity index (χ3v) is 3.24. The van der Waals surface area contributed by atoms with Crippen LogP contribution in [-0.2, 0) is 13.5 Å². The molecule has 1 atom stereocenters. The van der Waals surface area contributed by atoms with Crippen LogP contribution in [-0.4, -0.2) is 16.2 Å². The van der Waals surface area contributed by atoms with Gasteiger partial charge in [-0.25, -0.2) is 10.4 Å². The van der Waals surface area contributed by atoms with Crippen molar-refractivity contribution < 1.29 is 4.74 Å². The Hall–Kier alpha value is -1.85. The largest absolute Gasteiger partial charge is 0.493 e. The molecule has 2 heterocycles. The van der Waals surface area contributed by atoms with E-state index in [1.54, 1.807) is 6.33 Å². The number of ether oxygens (including phenoxy) is 1. The number of hydrogen-bond acceptors (Lipinski definition) is 4. The van der Waals surface area contributed by atoms with Gasteiger partial charge < -0.3 is 9.30 Å². The molecule has 0 aliphatic carbocycles. The number of nitrogens with zero attached hydrogens (tertiary/aromatic N) is 2. The van der Waals surface area contributed by atoms with E-state index < -0.39 is 0 Å². The van der Waals surface area contributed by atoms with E-state index in [4.69, 9.17) is 10.6 Å². The van der Waals surface area contributed by atoms with Crippen LogP contribution in [0.25, 0.3) is 0 Å². The van der Waals surface area contributed by atoms with Crippen molar-refractivity contribution in [2.75, 3.05) is 6.61 Å². The van der Waals surface area contributed by atoms with Crippen molar-refractivity contribution in [3.8, 4) is 5.75 Å². The van der Waals surface area contributed by atoms with Gasteiger partial charge in [0.2, 0.25) is 0 Å². The average molecular weight is 244 g/mol. The fourth-order valence-corrected chi connectivity index (χ4v) is 2.38. The maximum atomic E-state index is 5.71. The van der Waals surface area contributed by atoms with Gasteiger partial charge in [0.15, 0.2) is 0 Å². The monoisotopic (exact) mass is 244 g/mol. The number of benzene rings is 1. The minimum absolute atomic E-state index is 0.140. The number of rotatable bonds is 3. The molecule has 0 fully saturated rings. The molecule has 0 saturated carbocycles. The summed E-state index contributed by atoms with van der Waals surface area (Å²) in [5, 5.41) is 0. The molecule has 3 N–H and O–H groups in total. The summed E-state index contributed by atoms with van der Waals surface area (Å²) in [6.45, 7) is 0.742. The Labute approximate surface area is 106 Å². The molecule has 1 aliphatic heterocycles. The van der Waals surface area contributed by atoms with Crippen LogP contribution in [0.3, 0.4) is 0 Å². The summed E-state index contributed by atoms with van der Waals surface area (Å²) in [6, 6.07) is 6.02. The van der Waals surface area contributed by atoms with Crippen LogP contribution in [0.1, 0.15) is 22.9 Å². The lowest BCUT2D eigenvalue weighted by Gasteiger charge is -2.17. The second kappa shape index (κ2) is 4.44. The third kappa shape index (κ3) is 1.77. The minimum atomic E-state index is -0.140. The predicted octanol–water partition coefficient (Wildman–Crippen LogP) is 0.908. The van der Waals surface area contributed by atoms with Crippen molar-refractivity contribution in [1.29, 1.82) is 0 Å². The first-order valence-electron chi connectivity index (χ1n) is 5.98. The Morgan fingerprint density at radius 2 is 2.39 bits per heavy atom. The van der Waals surface area contributed by atoms with Gasteiger partial charge in [-0.05, 0) is 5.56 Å². The minimum Gasteiger partial charge on any atom is -0.493 e. The lowest BCUT2D eigenvalue weighted by molar-refractivity contribution is 0.350. The molecule has 0 spiro atoms. The zero-order valence-corrected chi connectivity index (χ0v) is 10.3. The average Bonchev–Trinajstić information content (AvgIpc) is 2.99. The highest BCUT2D eigenvalue weighted by Gasteiger charge is 2.23. The lowest BCUT2D eigenvalue weighted by Crippen LogP contribution is -2.29. The van der Waals surface area contributed by atoms with E-state index in [9.17, 15) is 0 Å². The molecule has 2 aromatic rings. The predicted molar refractivity (Wildman–Crippen MR) is 68.0 cm³/mol. The molecule has 0 amide bonds. The maximum Gasteiger partial charge on any atom is 0.127 e. The number of para-hydroxylation sites is 1. The number of aryl methyl sites for hydroxylation is 1. The molecule has 1 aliphatic rings. The zero-order chi connectivity index (χ0) is 12.5. The molecule has 0 radical (unpaired) electrons. The van der Waals surface area contributed by atoms with Gasteiger partial charge in [0, 0.05) is 25.2 Å². The van der Waals surface area contributed by atoms with Crippen molar-refractivity contribution >= 4 is 0 Å². The highest BCUT2D eigenvalue weighted by atomic mass is 16.5. The Balaban J connectivity index is 2.05. The SMILES string of the molecule is Cn1cnc(C(NN)c2cccc3c2OCC3)c1. The Bertz CT molecular complexity index is 564. The van der Waals surface area contributed by atoms with E-state index in [2.05, 4.69) is 16.5 Å². The van der Waals surface area contributed by atoms with Crippen molar-refractivity contribution in [2.45, 2.75) is 12.5 Å². The molecule has 0 bridgehead atoms. The van der Waals surface area contributed by atoms with Crippen LogP contribution in [0, 0.1) is 0 Å². The summed E-state index contributed by atoms with van der Waals surface area (Å²) in [7, 11) is 1.94. The van der Waals surface area contributed by atoms with Gasteiger partial charge >= 0.3 is 0 Å². The smallest absolute Gasteiger partial charge is 0.127 e.